The molecule has 0 heterocycles. The number of nitrogens with one attached hydrogen (secondary N) is 1. The summed E-state index contributed by atoms with van der Waals surface area (Å²) in [6, 6.07) is 10.7. The summed E-state index contributed by atoms with van der Waals surface area (Å²) in [7, 11) is 1.49. The third-order valence-electron chi connectivity index (χ3n) is 4.19. The minimum absolute atomic E-state index is 0. The largest absolute Gasteiger partial charge is 0.573 e. The lowest BCUT2D eigenvalue weighted by Crippen LogP contribution is -2.18. The molecule has 2 unspecified atom stereocenters. The van der Waals surface area contributed by atoms with Crippen LogP contribution in [0.4, 0.5) is 24.5 Å². The van der Waals surface area contributed by atoms with Crippen molar-refractivity contribution in [3.05, 3.63) is 48.0 Å². The van der Waals surface area contributed by atoms with Crippen molar-refractivity contribution in [3.8, 4) is 11.5 Å². The lowest BCUT2D eigenvalue weighted by Gasteiger charge is -2.13. The molecule has 9 heteroatoms. The summed E-state index contributed by atoms with van der Waals surface area (Å²) in [4.78, 5) is 12.4. The Kier molecular flexibility index (Phi) is 6.10. The number of nitrogen functional groups attached to an aromatic ring is 1. The van der Waals surface area contributed by atoms with E-state index in [0.29, 0.717) is 29.1 Å². The number of anilines is 2. The molecule has 1 fully saturated rings. The molecule has 1 saturated carbocycles. The van der Waals surface area contributed by atoms with Gasteiger partial charge in [-0.25, -0.2) is 0 Å². The van der Waals surface area contributed by atoms with E-state index in [9.17, 15) is 18.0 Å². The fraction of sp³-hybridized carbons (Fsp3) is 0.278. The lowest BCUT2D eigenvalue weighted by atomic mass is 10.1. The van der Waals surface area contributed by atoms with Crippen LogP contribution < -0.4 is 20.5 Å². The molecule has 1 aliphatic rings. The minimum Gasteiger partial charge on any atom is -0.497 e. The molecule has 0 bridgehead atoms. The summed E-state index contributed by atoms with van der Waals surface area (Å²) in [6.07, 6.45) is -4.34. The highest BCUT2D eigenvalue weighted by Crippen LogP contribution is 2.51. The standard InChI is InChI=1S/C18H17F3N2O3.ClH/c1-25-10-6-7-14(22)15(8-10)23-17(24)13-9-12(13)11-4-2-3-5-16(11)26-18(19,20)21;/h2-8,12-13H,9,22H2,1H3,(H,23,24);1H. The monoisotopic (exact) mass is 402 g/mol. The summed E-state index contributed by atoms with van der Waals surface area (Å²) in [5.41, 5.74) is 6.98. The van der Waals surface area contributed by atoms with E-state index in [1.165, 1.54) is 19.2 Å². The van der Waals surface area contributed by atoms with Crippen LogP contribution in [0.5, 0.6) is 11.5 Å². The molecule has 0 aromatic heterocycles. The van der Waals surface area contributed by atoms with Crippen molar-refractivity contribution in [1.82, 2.24) is 0 Å². The number of alkyl halides is 3. The molecule has 5 nitrogen and oxygen atoms in total. The Morgan fingerprint density at radius 2 is 1.93 bits per heavy atom. The maximum atomic E-state index is 12.5. The molecular weight excluding hydrogens is 385 g/mol. The number of methoxy groups -OCH3 is 1. The molecule has 2 aromatic rings. The number of halogens is 4. The zero-order chi connectivity index (χ0) is 18.9. The van der Waals surface area contributed by atoms with Gasteiger partial charge >= 0.3 is 6.36 Å². The van der Waals surface area contributed by atoms with Gasteiger partial charge in [0.1, 0.15) is 11.5 Å². The Morgan fingerprint density at radius 3 is 2.59 bits per heavy atom. The molecule has 0 radical (unpaired) electrons. The van der Waals surface area contributed by atoms with Crippen LogP contribution in [-0.2, 0) is 4.79 Å². The molecule has 3 N–H and O–H groups in total. The van der Waals surface area contributed by atoms with Crippen LogP contribution in [0.25, 0.3) is 0 Å². The van der Waals surface area contributed by atoms with Crippen molar-refractivity contribution in [1.29, 1.82) is 0 Å². The van der Waals surface area contributed by atoms with Crippen LogP contribution in [0.2, 0.25) is 0 Å². The molecule has 27 heavy (non-hydrogen) atoms. The van der Waals surface area contributed by atoms with Crippen molar-refractivity contribution in [3.63, 3.8) is 0 Å². The van der Waals surface area contributed by atoms with Gasteiger partial charge in [0, 0.05) is 12.0 Å². The van der Waals surface area contributed by atoms with Gasteiger partial charge in [0.15, 0.2) is 0 Å². The normalized spacial score (nSPS) is 18.2. The highest BCUT2D eigenvalue weighted by molar-refractivity contribution is 5.98. The zero-order valence-corrected chi connectivity index (χ0v) is 15.1. The molecule has 1 aliphatic carbocycles. The summed E-state index contributed by atoms with van der Waals surface area (Å²) in [5, 5.41) is 2.71. The fourth-order valence-corrected chi connectivity index (χ4v) is 2.83. The molecule has 2 aromatic carbocycles. The van der Waals surface area contributed by atoms with Crippen LogP contribution in [0.15, 0.2) is 42.5 Å². The first-order valence-corrected chi connectivity index (χ1v) is 7.87. The maximum absolute atomic E-state index is 12.5. The lowest BCUT2D eigenvalue weighted by molar-refractivity contribution is -0.274. The number of nitrogens with two attached hydrogens (primary N) is 1. The third-order valence-corrected chi connectivity index (χ3v) is 4.19. The maximum Gasteiger partial charge on any atom is 0.573 e. The number of ether oxygens (including phenoxy) is 2. The van der Waals surface area contributed by atoms with Crippen molar-refractivity contribution < 1.29 is 27.4 Å². The molecule has 3 rings (SSSR count). The number of amides is 1. The first-order chi connectivity index (χ1) is 12.3. The second-order valence-electron chi connectivity index (χ2n) is 5.98. The van der Waals surface area contributed by atoms with Crippen LogP contribution in [0, 0.1) is 5.92 Å². The van der Waals surface area contributed by atoms with E-state index in [0.717, 1.165) is 0 Å². The van der Waals surface area contributed by atoms with Gasteiger partial charge in [-0.05, 0) is 36.1 Å². The highest BCUT2D eigenvalue weighted by Gasteiger charge is 2.46. The molecule has 2 atom stereocenters. The Bertz CT molecular complexity index is 830. The van der Waals surface area contributed by atoms with Gasteiger partial charge in [0.05, 0.1) is 18.5 Å². The molecular formula is C18H18ClF3N2O3. The Balaban J connectivity index is 0.00000261. The molecule has 0 spiro atoms. The molecule has 1 amide bonds. The topological polar surface area (TPSA) is 73.6 Å². The predicted octanol–water partition coefficient (Wildman–Crippen LogP) is 4.34. The number of benzene rings is 2. The summed E-state index contributed by atoms with van der Waals surface area (Å²) < 4.78 is 46.8. The second-order valence-corrected chi connectivity index (χ2v) is 5.98. The average Bonchev–Trinajstić information content (AvgIpc) is 3.36. The summed E-state index contributed by atoms with van der Waals surface area (Å²) in [5.74, 6) is -0.831. The van der Waals surface area contributed by atoms with E-state index in [1.807, 2.05) is 0 Å². The molecule has 0 saturated heterocycles. The van der Waals surface area contributed by atoms with E-state index >= 15 is 0 Å². The third kappa shape index (κ3) is 4.97. The summed E-state index contributed by atoms with van der Waals surface area (Å²) in [6.45, 7) is 0. The first kappa shape index (κ1) is 20.7. The highest BCUT2D eigenvalue weighted by atomic mass is 35.5. The van der Waals surface area contributed by atoms with Crippen molar-refractivity contribution in [2.45, 2.75) is 18.7 Å². The Morgan fingerprint density at radius 1 is 1.22 bits per heavy atom. The second kappa shape index (κ2) is 7.96. The van der Waals surface area contributed by atoms with E-state index in [1.54, 1.807) is 30.3 Å². The number of para-hydroxylation sites is 1. The minimum atomic E-state index is -4.78. The van der Waals surface area contributed by atoms with E-state index in [-0.39, 0.29) is 30.0 Å². The van der Waals surface area contributed by atoms with Gasteiger partial charge in [0.25, 0.3) is 0 Å². The van der Waals surface area contributed by atoms with E-state index in [4.69, 9.17) is 10.5 Å². The number of carbonyl (C=O) groups excluding carboxylic acids is 1. The number of carbonyl (C=O) groups is 1. The van der Waals surface area contributed by atoms with Crippen LogP contribution in [0.1, 0.15) is 17.9 Å². The zero-order valence-electron chi connectivity index (χ0n) is 14.2. The fourth-order valence-electron chi connectivity index (χ4n) is 2.83. The van der Waals surface area contributed by atoms with Crippen molar-refractivity contribution >= 4 is 29.7 Å². The number of hydrogen-bond acceptors (Lipinski definition) is 4. The predicted molar refractivity (Wildman–Crippen MR) is 97.3 cm³/mol. The van der Waals surface area contributed by atoms with Gasteiger partial charge in [-0.1, -0.05) is 18.2 Å². The molecule has 0 aliphatic heterocycles. The quantitative estimate of drug-likeness (QED) is 0.730. The van der Waals surface area contributed by atoms with Gasteiger partial charge in [-0.2, -0.15) is 0 Å². The van der Waals surface area contributed by atoms with Gasteiger partial charge in [-0.15, -0.1) is 25.6 Å². The first-order valence-electron chi connectivity index (χ1n) is 7.87. The van der Waals surface area contributed by atoms with Gasteiger partial charge in [0.2, 0.25) is 5.91 Å². The van der Waals surface area contributed by atoms with Gasteiger partial charge < -0.3 is 20.5 Å². The van der Waals surface area contributed by atoms with E-state index in [2.05, 4.69) is 10.1 Å². The Labute approximate surface area is 160 Å². The SMILES string of the molecule is COc1ccc(N)c(NC(=O)C2CC2c2ccccc2OC(F)(F)F)c1.Cl. The molecule has 146 valence electrons. The van der Waals surface area contributed by atoms with Gasteiger partial charge in [-0.3, -0.25) is 4.79 Å². The Hall–Kier alpha value is -2.61. The van der Waals surface area contributed by atoms with Crippen molar-refractivity contribution in [2.24, 2.45) is 5.92 Å². The smallest absolute Gasteiger partial charge is 0.497 e. The van der Waals surface area contributed by atoms with Crippen molar-refractivity contribution in [2.75, 3.05) is 18.2 Å². The number of rotatable bonds is 5. The van der Waals surface area contributed by atoms with E-state index < -0.39 is 12.3 Å². The summed E-state index contributed by atoms with van der Waals surface area (Å²) >= 11 is 0. The number of hydrogen-bond donors (Lipinski definition) is 2. The van der Waals surface area contributed by atoms with Crippen LogP contribution >= 0.6 is 12.4 Å². The average molecular weight is 403 g/mol. The van der Waals surface area contributed by atoms with Crippen LogP contribution in [-0.4, -0.2) is 19.4 Å². The van der Waals surface area contributed by atoms with Crippen LogP contribution in [0.3, 0.4) is 0 Å².